The molecule has 1 aromatic carbocycles. The summed E-state index contributed by atoms with van der Waals surface area (Å²) in [5.74, 6) is 1.24. The lowest BCUT2D eigenvalue weighted by Gasteiger charge is -2.55. The van der Waals surface area contributed by atoms with Crippen LogP contribution in [0, 0.1) is 5.92 Å². The van der Waals surface area contributed by atoms with Crippen molar-refractivity contribution in [3.63, 3.8) is 0 Å². The van der Waals surface area contributed by atoms with Crippen molar-refractivity contribution in [1.29, 1.82) is 0 Å². The van der Waals surface area contributed by atoms with Crippen molar-refractivity contribution in [2.45, 2.75) is 56.5 Å². The van der Waals surface area contributed by atoms with E-state index in [4.69, 9.17) is 10.5 Å². The Morgan fingerprint density at radius 2 is 2.10 bits per heavy atom. The summed E-state index contributed by atoms with van der Waals surface area (Å²) < 4.78 is 5.82. The first kappa shape index (κ1) is 14.9. The van der Waals surface area contributed by atoms with Gasteiger partial charge < -0.3 is 15.6 Å². The zero-order valence-electron chi connectivity index (χ0n) is 13.0. The van der Waals surface area contributed by atoms with E-state index in [9.17, 15) is 5.11 Å². The maximum atomic E-state index is 11.7. The molecule has 1 saturated carbocycles. The Kier molecular flexibility index (Phi) is 3.98. The molecule has 0 bridgehead atoms. The van der Waals surface area contributed by atoms with Gasteiger partial charge in [0, 0.05) is 17.5 Å². The van der Waals surface area contributed by atoms with Crippen molar-refractivity contribution in [1.82, 2.24) is 0 Å². The lowest BCUT2D eigenvalue weighted by Crippen LogP contribution is -2.62. The molecule has 3 unspecified atom stereocenters. The average molecular weight is 289 g/mol. The fourth-order valence-corrected chi connectivity index (χ4v) is 4.70. The predicted molar refractivity (Wildman–Crippen MR) is 84.5 cm³/mol. The summed E-state index contributed by atoms with van der Waals surface area (Å²) in [5, 5.41) is 11.7. The van der Waals surface area contributed by atoms with E-state index in [0.717, 1.165) is 43.4 Å². The number of rotatable bonds is 3. The van der Waals surface area contributed by atoms with Crippen LogP contribution in [0.3, 0.4) is 0 Å². The van der Waals surface area contributed by atoms with Crippen molar-refractivity contribution < 1.29 is 9.84 Å². The standard InChI is InChI=1S/C18H27NO2/c1-2-14-7-5-6-10-18(14,20)17(13-19)11-12-21-16-9-4-3-8-15(16)17/h3-4,8-9,14,20H,2,5-7,10-13,19H2,1H3. The maximum absolute atomic E-state index is 11.7. The van der Waals surface area contributed by atoms with Crippen LogP contribution in [0.1, 0.15) is 51.0 Å². The van der Waals surface area contributed by atoms with Gasteiger partial charge in [-0.05, 0) is 31.2 Å². The quantitative estimate of drug-likeness (QED) is 0.899. The number of benzene rings is 1. The minimum absolute atomic E-state index is 0.334. The predicted octanol–water partition coefficient (Wildman–Crippen LogP) is 3.00. The first-order chi connectivity index (χ1) is 10.2. The van der Waals surface area contributed by atoms with E-state index in [1.165, 1.54) is 6.42 Å². The van der Waals surface area contributed by atoms with Gasteiger partial charge in [0.1, 0.15) is 5.75 Å². The molecule has 0 spiro atoms. The summed E-state index contributed by atoms with van der Waals surface area (Å²) in [6, 6.07) is 8.13. The third-order valence-electron chi connectivity index (χ3n) is 5.89. The summed E-state index contributed by atoms with van der Waals surface area (Å²) in [5.41, 5.74) is 6.33. The monoisotopic (exact) mass is 289 g/mol. The maximum Gasteiger partial charge on any atom is 0.123 e. The number of ether oxygens (including phenoxy) is 1. The molecular weight excluding hydrogens is 262 g/mol. The van der Waals surface area contributed by atoms with Gasteiger partial charge in [-0.3, -0.25) is 0 Å². The molecular formula is C18H27NO2. The van der Waals surface area contributed by atoms with Gasteiger partial charge in [0.15, 0.2) is 0 Å². The van der Waals surface area contributed by atoms with Crippen LogP contribution in [-0.2, 0) is 5.41 Å². The van der Waals surface area contributed by atoms with Crippen LogP contribution < -0.4 is 10.5 Å². The van der Waals surface area contributed by atoms with Crippen molar-refractivity contribution in [3.8, 4) is 5.75 Å². The normalized spacial score (nSPS) is 35.9. The van der Waals surface area contributed by atoms with Gasteiger partial charge in [0.25, 0.3) is 0 Å². The molecule has 0 saturated heterocycles. The first-order valence-corrected chi connectivity index (χ1v) is 8.32. The SMILES string of the molecule is CCC1CCCCC1(O)C1(CN)CCOc2ccccc21. The van der Waals surface area contributed by atoms with Crippen LogP contribution in [-0.4, -0.2) is 23.9 Å². The smallest absolute Gasteiger partial charge is 0.123 e. The van der Waals surface area contributed by atoms with E-state index in [1.54, 1.807) is 0 Å². The number of aliphatic hydroxyl groups is 1. The molecule has 3 N–H and O–H groups in total. The lowest BCUT2D eigenvalue weighted by atomic mass is 9.55. The third-order valence-corrected chi connectivity index (χ3v) is 5.89. The molecule has 1 fully saturated rings. The number of para-hydroxylation sites is 1. The number of hydrogen-bond donors (Lipinski definition) is 2. The first-order valence-electron chi connectivity index (χ1n) is 8.32. The van der Waals surface area contributed by atoms with Crippen LogP contribution >= 0.6 is 0 Å². The molecule has 1 aliphatic heterocycles. The lowest BCUT2D eigenvalue weighted by molar-refractivity contribution is -0.120. The fourth-order valence-electron chi connectivity index (χ4n) is 4.70. The highest BCUT2D eigenvalue weighted by Gasteiger charge is 2.56. The third kappa shape index (κ3) is 2.09. The highest BCUT2D eigenvalue weighted by Crippen LogP contribution is 2.53. The van der Waals surface area contributed by atoms with Crippen LogP contribution in [0.25, 0.3) is 0 Å². The fraction of sp³-hybridized carbons (Fsp3) is 0.667. The second-order valence-electron chi connectivity index (χ2n) is 6.66. The molecule has 3 rings (SSSR count). The van der Waals surface area contributed by atoms with Crippen molar-refractivity contribution in [3.05, 3.63) is 29.8 Å². The Labute approximate surface area is 127 Å². The molecule has 3 nitrogen and oxygen atoms in total. The Balaban J connectivity index is 2.12. The second kappa shape index (κ2) is 5.62. The second-order valence-corrected chi connectivity index (χ2v) is 6.66. The Morgan fingerprint density at radius 3 is 2.86 bits per heavy atom. The van der Waals surface area contributed by atoms with Crippen LogP contribution in [0.4, 0.5) is 0 Å². The van der Waals surface area contributed by atoms with E-state index < -0.39 is 5.60 Å². The van der Waals surface area contributed by atoms with Gasteiger partial charge in [0.2, 0.25) is 0 Å². The van der Waals surface area contributed by atoms with Crippen LogP contribution in [0.5, 0.6) is 5.75 Å². The van der Waals surface area contributed by atoms with Crippen LogP contribution in [0.15, 0.2) is 24.3 Å². The molecule has 116 valence electrons. The molecule has 1 aliphatic carbocycles. The zero-order chi connectivity index (χ0) is 14.9. The Hall–Kier alpha value is -1.06. The van der Waals surface area contributed by atoms with E-state index in [-0.39, 0.29) is 5.41 Å². The highest BCUT2D eigenvalue weighted by atomic mass is 16.5. The van der Waals surface area contributed by atoms with Gasteiger partial charge >= 0.3 is 0 Å². The number of nitrogens with two attached hydrogens (primary N) is 1. The molecule has 0 amide bonds. The van der Waals surface area contributed by atoms with Crippen molar-refractivity contribution in [2.24, 2.45) is 11.7 Å². The van der Waals surface area contributed by atoms with Gasteiger partial charge in [0.05, 0.1) is 12.2 Å². The molecule has 2 aliphatic rings. The topological polar surface area (TPSA) is 55.5 Å². The summed E-state index contributed by atoms with van der Waals surface area (Å²) in [6.07, 6.45) is 6.11. The molecule has 1 aromatic rings. The Bertz CT molecular complexity index is 504. The zero-order valence-corrected chi connectivity index (χ0v) is 13.0. The summed E-state index contributed by atoms with van der Waals surface area (Å²) >= 11 is 0. The molecule has 0 aromatic heterocycles. The van der Waals surface area contributed by atoms with E-state index in [0.29, 0.717) is 19.1 Å². The molecule has 21 heavy (non-hydrogen) atoms. The van der Waals surface area contributed by atoms with Gasteiger partial charge in [-0.25, -0.2) is 0 Å². The molecule has 0 radical (unpaired) electrons. The van der Waals surface area contributed by atoms with Gasteiger partial charge in [-0.15, -0.1) is 0 Å². The van der Waals surface area contributed by atoms with E-state index in [2.05, 4.69) is 13.0 Å². The van der Waals surface area contributed by atoms with E-state index >= 15 is 0 Å². The van der Waals surface area contributed by atoms with E-state index in [1.807, 2.05) is 18.2 Å². The number of hydrogen-bond acceptors (Lipinski definition) is 3. The summed E-state index contributed by atoms with van der Waals surface area (Å²) in [6.45, 7) is 3.32. The molecule has 3 heteroatoms. The minimum Gasteiger partial charge on any atom is -0.493 e. The molecule has 1 heterocycles. The number of fused-ring (bicyclic) bond motifs is 1. The average Bonchev–Trinajstić information content (AvgIpc) is 2.54. The minimum atomic E-state index is -0.700. The van der Waals surface area contributed by atoms with Gasteiger partial charge in [-0.1, -0.05) is 44.4 Å². The summed E-state index contributed by atoms with van der Waals surface area (Å²) in [7, 11) is 0. The van der Waals surface area contributed by atoms with Crippen molar-refractivity contribution in [2.75, 3.05) is 13.2 Å². The highest BCUT2D eigenvalue weighted by molar-refractivity contribution is 5.44. The van der Waals surface area contributed by atoms with Crippen LogP contribution in [0.2, 0.25) is 0 Å². The molecule has 3 atom stereocenters. The Morgan fingerprint density at radius 1 is 1.29 bits per heavy atom. The summed E-state index contributed by atoms with van der Waals surface area (Å²) in [4.78, 5) is 0. The van der Waals surface area contributed by atoms with Gasteiger partial charge in [-0.2, -0.15) is 0 Å². The van der Waals surface area contributed by atoms with Crippen molar-refractivity contribution >= 4 is 0 Å². The largest absolute Gasteiger partial charge is 0.493 e.